The largest absolute Gasteiger partial charge is 0.270 e. The Hall–Kier alpha value is -1.77. The summed E-state index contributed by atoms with van der Waals surface area (Å²) < 4.78 is 23.9. The second-order valence-corrected chi connectivity index (χ2v) is 2.89. The molecule has 0 bridgehead atoms. The molecule has 0 saturated carbocycles. The molecule has 0 aliphatic carbocycles. The summed E-state index contributed by atoms with van der Waals surface area (Å²) >= 11 is 0. The van der Waals surface area contributed by atoms with Crippen LogP contribution in [0.15, 0.2) is 42.6 Å². The van der Waals surface area contributed by atoms with Crippen LogP contribution in [0.25, 0.3) is 17.0 Å². The quantitative estimate of drug-likeness (QED) is 0.672. The summed E-state index contributed by atoms with van der Waals surface area (Å²) in [6, 6.07) is 8.65. The van der Waals surface area contributed by atoms with Crippen LogP contribution in [0.2, 0.25) is 0 Å². The minimum atomic E-state index is -1.69. The Bertz CT molecular complexity index is 487. The molecule has 2 aromatic rings. The lowest BCUT2D eigenvalue weighted by Gasteiger charge is -1.97. The third-order valence-electron chi connectivity index (χ3n) is 1.90. The predicted molar refractivity (Wildman–Crippen MR) is 51.9 cm³/mol. The second kappa shape index (κ2) is 3.54. The number of pyridine rings is 1. The number of hydrogen-bond donors (Lipinski definition) is 0. The fraction of sp³-hybridized carbons (Fsp3) is 0. The zero-order chi connectivity index (χ0) is 9.97. The molecule has 0 atom stereocenters. The van der Waals surface area contributed by atoms with Crippen LogP contribution in [0.5, 0.6) is 0 Å². The summed E-state index contributed by atoms with van der Waals surface area (Å²) in [6.07, 6.45) is 0.827. The molecule has 0 fully saturated rings. The molecule has 2 rings (SSSR count). The summed E-state index contributed by atoms with van der Waals surface area (Å²) in [6.45, 7) is 0. The third kappa shape index (κ3) is 1.76. The van der Waals surface area contributed by atoms with Gasteiger partial charge in [0.2, 0.25) is 0 Å². The number of rotatable bonds is 1. The summed E-state index contributed by atoms with van der Waals surface area (Å²) in [5, 5.41) is 0.863. The first kappa shape index (κ1) is 8.81. The second-order valence-electron chi connectivity index (χ2n) is 2.89. The van der Waals surface area contributed by atoms with Crippen LogP contribution >= 0.6 is 0 Å². The molecule has 1 heterocycles. The Morgan fingerprint density at radius 2 is 2.07 bits per heavy atom. The van der Waals surface area contributed by atoms with Gasteiger partial charge >= 0.3 is 0 Å². The molecule has 70 valence electrons. The van der Waals surface area contributed by atoms with Gasteiger partial charge in [-0.3, -0.25) is 4.98 Å². The van der Waals surface area contributed by atoms with Crippen molar-refractivity contribution >= 4 is 17.0 Å². The van der Waals surface area contributed by atoms with Crippen molar-refractivity contribution in [2.45, 2.75) is 0 Å². The van der Waals surface area contributed by atoms with Crippen LogP contribution in [0.4, 0.5) is 8.78 Å². The van der Waals surface area contributed by atoms with E-state index in [0.717, 1.165) is 17.0 Å². The van der Waals surface area contributed by atoms with Gasteiger partial charge in [0.15, 0.2) is 0 Å². The summed E-state index contributed by atoms with van der Waals surface area (Å²) in [4.78, 5) is 4.09. The van der Waals surface area contributed by atoms with Crippen molar-refractivity contribution in [2.75, 3.05) is 0 Å². The normalized spacial score (nSPS) is 10.1. The molecular formula is C11H7F2N. The molecule has 1 aromatic heterocycles. The fourth-order valence-corrected chi connectivity index (χ4v) is 1.31. The van der Waals surface area contributed by atoms with Crippen LogP contribution < -0.4 is 0 Å². The van der Waals surface area contributed by atoms with Crippen molar-refractivity contribution in [1.29, 1.82) is 0 Å². The van der Waals surface area contributed by atoms with Crippen LogP contribution in [0, 0.1) is 0 Å². The zero-order valence-corrected chi connectivity index (χ0v) is 7.24. The van der Waals surface area contributed by atoms with Gasteiger partial charge in [0.25, 0.3) is 6.08 Å². The van der Waals surface area contributed by atoms with Crippen molar-refractivity contribution in [3.05, 3.63) is 48.2 Å². The SMILES string of the molecule is FC(F)=Cc1ccc2ncccc2c1. The minimum Gasteiger partial charge on any atom is -0.256 e. The average molecular weight is 191 g/mol. The molecule has 0 unspecified atom stereocenters. The van der Waals surface area contributed by atoms with E-state index in [-0.39, 0.29) is 0 Å². The molecule has 1 aromatic carbocycles. The topological polar surface area (TPSA) is 12.9 Å². The van der Waals surface area contributed by atoms with Gasteiger partial charge in [-0.25, -0.2) is 0 Å². The van der Waals surface area contributed by atoms with Crippen molar-refractivity contribution in [3.63, 3.8) is 0 Å². The van der Waals surface area contributed by atoms with E-state index in [2.05, 4.69) is 4.98 Å². The molecule has 0 radical (unpaired) electrons. The monoisotopic (exact) mass is 191 g/mol. The highest BCUT2D eigenvalue weighted by Crippen LogP contribution is 2.16. The summed E-state index contributed by atoms with van der Waals surface area (Å²) in [5.41, 5.74) is 1.30. The Morgan fingerprint density at radius 3 is 2.86 bits per heavy atom. The Morgan fingerprint density at radius 1 is 1.21 bits per heavy atom. The molecule has 0 saturated heterocycles. The smallest absolute Gasteiger partial charge is 0.256 e. The molecule has 1 nitrogen and oxygen atoms in total. The highest BCUT2D eigenvalue weighted by molar-refractivity contribution is 5.81. The van der Waals surface area contributed by atoms with Gasteiger partial charge in [0.1, 0.15) is 0 Å². The van der Waals surface area contributed by atoms with Crippen LogP contribution in [-0.4, -0.2) is 4.98 Å². The van der Waals surface area contributed by atoms with Gasteiger partial charge in [0.05, 0.1) is 5.52 Å². The number of hydrogen-bond acceptors (Lipinski definition) is 1. The van der Waals surface area contributed by atoms with E-state index in [1.54, 1.807) is 30.5 Å². The molecule has 0 aliphatic rings. The van der Waals surface area contributed by atoms with E-state index in [1.165, 1.54) is 0 Å². The Kier molecular flexibility index (Phi) is 2.23. The lowest BCUT2D eigenvalue weighted by molar-refractivity contribution is 0.429. The highest BCUT2D eigenvalue weighted by Gasteiger charge is 1.96. The van der Waals surface area contributed by atoms with E-state index in [1.807, 2.05) is 6.07 Å². The lowest BCUT2D eigenvalue weighted by atomic mass is 10.1. The van der Waals surface area contributed by atoms with E-state index in [4.69, 9.17) is 0 Å². The van der Waals surface area contributed by atoms with E-state index >= 15 is 0 Å². The van der Waals surface area contributed by atoms with Gasteiger partial charge in [0, 0.05) is 17.7 Å². The van der Waals surface area contributed by atoms with Crippen LogP contribution in [-0.2, 0) is 0 Å². The predicted octanol–water partition coefficient (Wildman–Crippen LogP) is 3.47. The Labute approximate surface area is 79.7 Å². The van der Waals surface area contributed by atoms with Crippen molar-refractivity contribution in [3.8, 4) is 0 Å². The van der Waals surface area contributed by atoms with E-state index < -0.39 is 6.08 Å². The zero-order valence-electron chi connectivity index (χ0n) is 7.24. The van der Waals surface area contributed by atoms with E-state index in [0.29, 0.717) is 5.56 Å². The van der Waals surface area contributed by atoms with E-state index in [9.17, 15) is 8.78 Å². The van der Waals surface area contributed by atoms with Gasteiger partial charge < -0.3 is 0 Å². The molecule has 0 spiro atoms. The number of halogens is 2. The number of fused-ring (bicyclic) bond motifs is 1. The number of nitrogens with zero attached hydrogens (tertiary/aromatic N) is 1. The first-order chi connectivity index (χ1) is 6.75. The Balaban J connectivity index is 2.57. The molecule has 3 heteroatoms. The highest BCUT2D eigenvalue weighted by atomic mass is 19.3. The maximum Gasteiger partial charge on any atom is 0.270 e. The molecule has 0 N–H and O–H groups in total. The summed E-state index contributed by atoms with van der Waals surface area (Å²) in [5.74, 6) is 0. The number of benzene rings is 1. The standard InChI is InChI=1S/C11H7F2N/c12-11(13)7-8-3-4-10-9(6-8)2-1-5-14-10/h1-7H. The first-order valence-corrected chi connectivity index (χ1v) is 4.13. The van der Waals surface area contributed by atoms with Crippen molar-refractivity contribution in [2.24, 2.45) is 0 Å². The fourth-order valence-electron chi connectivity index (χ4n) is 1.31. The minimum absolute atomic E-state index is 0.491. The van der Waals surface area contributed by atoms with Crippen molar-refractivity contribution < 1.29 is 8.78 Å². The maximum atomic E-state index is 12.0. The third-order valence-corrected chi connectivity index (χ3v) is 1.90. The van der Waals surface area contributed by atoms with Gasteiger partial charge in [-0.1, -0.05) is 12.1 Å². The van der Waals surface area contributed by atoms with Crippen molar-refractivity contribution in [1.82, 2.24) is 4.98 Å². The molecule has 14 heavy (non-hydrogen) atoms. The van der Waals surface area contributed by atoms with Crippen LogP contribution in [0.3, 0.4) is 0 Å². The lowest BCUT2D eigenvalue weighted by Crippen LogP contribution is -1.78. The van der Waals surface area contributed by atoms with Gasteiger partial charge in [-0.2, -0.15) is 8.78 Å². The number of aromatic nitrogens is 1. The van der Waals surface area contributed by atoms with Crippen LogP contribution in [0.1, 0.15) is 5.56 Å². The first-order valence-electron chi connectivity index (χ1n) is 4.13. The molecule has 0 amide bonds. The maximum absolute atomic E-state index is 12.0. The summed E-state index contributed by atoms with van der Waals surface area (Å²) in [7, 11) is 0. The molecule has 0 aliphatic heterocycles. The average Bonchev–Trinajstić information content (AvgIpc) is 2.17. The van der Waals surface area contributed by atoms with Gasteiger partial charge in [-0.15, -0.1) is 0 Å². The van der Waals surface area contributed by atoms with Gasteiger partial charge in [-0.05, 0) is 23.8 Å². The molecular weight excluding hydrogens is 184 g/mol.